The minimum atomic E-state index is -0.313. The molecule has 1 aromatic carbocycles. The highest BCUT2D eigenvalue weighted by atomic mass is 35.5. The summed E-state index contributed by atoms with van der Waals surface area (Å²) in [6.07, 6.45) is 1.82. The predicted octanol–water partition coefficient (Wildman–Crippen LogP) is 5.16. The molecule has 23 heavy (non-hydrogen) atoms. The normalized spacial score (nSPS) is 18.4. The van der Waals surface area contributed by atoms with Crippen LogP contribution in [0.4, 0.5) is 10.1 Å². The molecule has 1 fully saturated rings. The van der Waals surface area contributed by atoms with Crippen LogP contribution in [0, 0.1) is 5.82 Å². The molecule has 1 aliphatic rings. The first-order valence-corrected chi connectivity index (χ1v) is 8.89. The van der Waals surface area contributed by atoms with Crippen LogP contribution >= 0.6 is 34.7 Å². The summed E-state index contributed by atoms with van der Waals surface area (Å²) in [7, 11) is 0. The lowest BCUT2D eigenvalue weighted by atomic mass is 10.3. The van der Waals surface area contributed by atoms with Gasteiger partial charge >= 0.3 is 0 Å². The van der Waals surface area contributed by atoms with E-state index in [2.05, 4.69) is 4.99 Å². The average molecular weight is 367 g/mol. The molecule has 0 unspecified atom stereocenters. The summed E-state index contributed by atoms with van der Waals surface area (Å²) in [6, 6.07) is 9.54. The van der Waals surface area contributed by atoms with Crippen LogP contribution in [0.1, 0.15) is 11.8 Å². The van der Waals surface area contributed by atoms with Gasteiger partial charge in [-0.05, 0) is 61.2 Å². The molecule has 7 heteroatoms. The van der Waals surface area contributed by atoms with E-state index in [-0.39, 0.29) is 11.7 Å². The number of likely N-dealkylation sites (N-methyl/N-ethyl adjacent to an activating group) is 1. The van der Waals surface area contributed by atoms with Crippen LogP contribution in [-0.4, -0.2) is 22.5 Å². The number of benzene rings is 1. The van der Waals surface area contributed by atoms with E-state index in [9.17, 15) is 9.18 Å². The third kappa shape index (κ3) is 3.65. The van der Waals surface area contributed by atoms with Crippen molar-refractivity contribution in [1.82, 2.24) is 4.90 Å². The zero-order chi connectivity index (χ0) is 16.4. The summed E-state index contributed by atoms with van der Waals surface area (Å²) in [5, 5.41) is 0.595. The molecule has 1 aromatic heterocycles. The van der Waals surface area contributed by atoms with E-state index < -0.39 is 0 Å². The Balaban J connectivity index is 1.91. The first-order chi connectivity index (χ1) is 11.1. The van der Waals surface area contributed by atoms with Gasteiger partial charge in [0.2, 0.25) is 0 Å². The zero-order valence-electron chi connectivity index (χ0n) is 12.1. The lowest BCUT2D eigenvalue weighted by Gasteiger charge is -2.11. The number of halogens is 2. The van der Waals surface area contributed by atoms with Crippen molar-refractivity contribution in [1.29, 1.82) is 0 Å². The highest BCUT2D eigenvalue weighted by molar-refractivity contribution is 8.18. The van der Waals surface area contributed by atoms with Crippen molar-refractivity contribution in [3.63, 3.8) is 0 Å². The highest BCUT2D eigenvalue weighted by Gasteiger charge is 2.32. The maximum absolute atomic E-state index is 13.0. The summed E-state index contributed by atoms with van der Waals surface area (Å²) in [5.41, 5.74) is 0.612. The Kier molecular flexibility index (Phi) is 4.84. The molecule has 1 amide bonds. The van der Waals surface area contributed by atoms with E-state index in [1.165, 1.54) is 35.2 Å². The van der Waals surface area contributed by atoms with Crippen LogP contribution in [0.2, 0.25) is 4.34 Å². The Bertz CT molecular complexity index is 799. The standard InChI is InChI=1S/C16H12ClFN2OS2/c1-2-20-15(21)13(9-12-7-8-14(17)22-12)23-16(20)19-11-5-3-10(18)4-6-11/h3-9H,2H2,1H3/b13-9+,19-16?. The summed E-state index contributed by atoms with van der Waals surface area (Å²) >= 11 is 8.65. The monoisotopic (exact) mass is 366 g/mol. The van der Waals surface area contributed by atoms with Crippen LogP contribution < -0.4 is 0 Å². The number of thioether (sulfide) groups is 1. The summed E-state index contributed by atoms with van der Waals surface area (Å²) in [4.78, 5) is 20.1. The van der Waals surface area contributed by atoms with E-state index >= 15 is 0 Å². The number of hydrogen-bond donors (Lipinski definition) is 0. The minimum absolute atomic E-state index is 0.0807. The molecule has 0 bridgehead atoms. The minimum Gasteiger partial charge on any atom is -0.287 e. The number of carbonyl (C=O) groups excluding carboxylic acids is 1. The van der Waals surface area contributed by atoms with Crippen molar-refractivity contribution >= 4 is 57.5 Å². The molecule has 118 valence electrons. The molecule has 3 nitrogen and oxygen atoms in total. The molecule has 0 saturated carbocycles. The van der Waals surface area contributed by atoms with E-state index in [1.54, 1.807) is 23.1 Å². The van der Waals surface area contributed by atoms with Gasteiger partial charge in [0.15, 0.2) is 5.17 Å². The van der Waals surface area contributed by atoms with E-state index in [0.717, 1.165) is 4.88 Å². The summed E-state index contributed by atoms with van der Waals surface area (Å²) in [6.45, 7) is 2.41. The molecule has 1 saturated heterocycles. The van der Waals surface area contributed by atoms with Crippen molar-refractivity contribution in [2.45, 2.75) is 6.92 Å². The maximum Gasteiger partial charge on any atom is 0.266 e. The lowest BCUT2D eigenvalue weighted by Crippen LogP contribution is -2.28. The summed E-state index contributed by atoms with van der Waals surface area (Å²) in [5.74, 6) is -0.394. The van der Waals surface area contributed by atoms with Gasteiger partial charge in [0.05, 0.1) is 14.9 Å². The summed E-state index contributed by atoms with van der Waals surface area (Å²) < 4.78 is 13.7. The van der Waals surface area contributed by atoms with Crippen molar-refractivity contribution in [2.24, 2.45) is 4.99 Å². The molecule has 1 aliphatic heterocycles. The van der Waals surface area contributed by atoms with Crippen molar-refractivity contribution in [2.75, 3.05) is 6.54 Å². The fourth-order valence-electron chi connectivity index (χ4n) is 2.03. The number of hydrogen-bond acceptors (Lipinski definition) is 4. The van der Waals surface area contributed by atoms with Gasteiger partial charge in [-0.1, -0.05) is 11.6 Å². The maximum atomic E-state index is 13.0. The number of carbonyl (C=O) groups is 1. The van der Waals surface area contributed by atoms with E-state index in [1.807, 2.05) is 19.1 Å². The van der Waals surface area contributed by atoms with Gasteiger partial charge in [0.25, 0.3) is 5.91 Å². The number of amides is 1. The number of thiophene rings is 1. The first-order valence-electron chi connectivity index (χ1n) is 6.88. The molecule has 0 atom stereocenters. The highest BCUT2D eigenvalue weighted by Crippen LogP contribution is 2.35. The Labute approximate surface area is 146 Å². The molecule has 2 aromatic rings. The predicted molar refractivity (Wildman–Crippen MR) is 95.8 cm³/mol. The van der Waals surface area contributed by atoms with Crippen LogP contribution in [0.3, 0.4) is 0 Å². The molecule has 0 aliphatic carbocycles. The van der Waals surface area contributed by atoms with Gasteiger partial charge in [-0.25, -0.2) is 9.38 Å². The quantitative estimate of drug-likeness (QED) is 0.702. The second-order valence-electron chi connectivity index (χ2n) is 4.67. The first kappa shape index (κ1) is 16.2. The number of nitrogens with zero attached hydrogens (tertiary/aromatic N) is 2. The molecule has 0 radical (unpaired) electrons. The Hall–Kier alpha value is -1.63. The van der Waals surface area contributed by atoms with Crippen molar-refractivity contribution in [3.05, 3.63) is 56.3 Å². The fraction of sp³-hybridized carbons (Fsp3) is 0.125. The Morgan fingerprint density at radius 1 is 1.26 bits per heavy atom. The number of amidine groups is 1. The second-order valence-corrected chi connectivity index (χ2v) is 7.43. The third-order valence-electron chi connectivity index (χ3n) is 3.12. The number of rotatable bonds is 3. The van der Waals surface area contributed by atoms with Crippen molar-refractivity contribution in [3.8, 4) is 0 Å². The van der Waals surface area contributed by atoms with Crippen LogP contribution in [0.25, 0.3) is 6.08 Å². The van der Waals surface area contributed by atoms with Gasteiger partial charge in [-0.2, -0.15) is 0 Å². The van der Waals surface area contributed by atoms with Crippen LogP contribution in [0.15, 0.2) is 46.3 Å². The van der Waals surface area contributed by atoms with Gasteiger partial charge in [-0.3, -0.25) is 9.69 Å². The molecule has 0 N–H and O–H groups in total. The lowest BCUT2D eigenvalue weighted by molar-refractivity contribution is -0.122. The van der Waals surface area contributed by atoms with Crippen molar-refractivity contribution < 1.29 is 9.18 Å². The van der Waals surface area contributed by atoms with E-state index in [4.69, 9.17) is 11.6 Å². The molecule has 3 rings (SSSR count). The Morgan fingerprint density at radius 3 is 2.61 bits per heavy atom. The van der Waals surface area contributed by atoms with Crippen LogP contribution in [0.5, 0.6) is 0 Å². The van der Waals surface area contributed by atoms with Gasteiger partial charge in [0, 0.05) is 11.4 Å². The Morgan fingerprint density at radius 2 is 2.00 bits per heavy atom. The third-order valence-corrected chi connectivity index (χ3v) is 5.31. The number of aliphatic imine (C=N–C) groups is 1. The smallest absolute Gasteiger partial charge is 0.266 e. The second kappa shape index (κ2) is 6.86. The van der Waals surface area contributed by atoms with Gasteiger partial charge < -0.3 is 0 Å². The molecular formula is C16H12ClFN2OS2. The molecule has 0 spiro atoms. The van der Waals surface area contributed by atoms with Gasteiger partial charge in [0.1, 0.15) is 5.82 Å². The fourth-order valence-corrected chi connectivity index (χ4v) is 4.16. The zero-order valence-corrected chi connectivity index (χ0v) is 14.5. The largest absolute Gasteiger partial charge is 0.287 e. The topological polar surface area (TPSA) is 32.7 Å². The molecule has 2 heterocycles. The average Bonchev–Trinajstić information content (AvgIpc) is 3.06. The van der Waals surface area contributed by atoms with E-state index in [0.29, 0.717) is 26.6 Å². The molecular weight excluding hydrogens is 355 g/mol. The SMILES string of the molecule is CCN1C(=O)/C(=C\c2ccc(Cl)s2)SC1=Nc1ccc(F)cc1. The van der Waals surface area contributed by atoms with Gasteiger partial charge in [-0.15, -0.1) is 11.3 Å². The van der Waals surface area contributed by atoms with Crippen LogP contribution in [-0.2, 0) is 4.79 Å².